The minimum absolute atomic E-state index is 0.0574. The summed E-state index contributed by atoms with van der Waals surface area (Å²) < 4.78 is 6.95. The maximum absolute atomic E-state index is 12.2. The molecule has 0 atom stereocenters. The predicted octanol–water partition coefficient (Wildman–Crippen LogP) is 5.27. The van der Waals surface area contributed by atoms with Crippen molar-refractivity contribution < 1.29 is 4.74 Å². The summed E-state index contributed by atoms with van der Waals surface area (Å²) in [5.74, 6) is 1.34. The van der Waals surface area contributed by atoms with Gasteiger partial charge in [0, 0.05) is 34.8 Å². The smallest absolute Gasteiger partial charge is 0.258 e. The van der Waals surface area contributed by atoms with Gasteiger partial charge < -0.3 is 4.74 Å². The van der Waals surface area contributed by atoms with E-state index in [2.05, 4.69) is 23.2 Å². The maximum Gasteiger partial charge on any atom is 0.258 e. The SMILES string of the molecule is COc1ccc2c(-c3ccccc3)cc(SCc3cc(=O)n4ccsc4n3)nc2c1. The molecule has 0 unspecified atom stereocenters. The van der Waals surface area contributed by atoms with Crippen molar-refractivity contribution in [1.82, 2.24) is 14.4 Å². The van der Waals surface area contributed by atoms with Gasteiger partial charge in [0.15, 0.2) is 4.96 Å². The minimum Gasteiger partial charge on any atom is -0.497 e. The molecule has 0 fully saturated rings. The molecule has 0 amide bonds. The lowest BCUT2D eigenvalue weighted by Crippen LogP contribution is -2.12. The van der Waals surface area contributed by atoms with Crippen molar-refractivity contribution >= 4 is 39.0 Å². The van der Waals surface area contributed by atoms with Gasteiger partial charge in [-0.2, -0.15) is 0 Å². The van der Waals surface area contributed by atoms with E-state index in [1.807, 2.05) is 41.8 Å². The van der Waals surface area contributed by atoms with Crippen LogP contribution in [0, 0.1) is 0 Å². The highest BCUT2D eigenvalue weighted by Crippen LogP contribution is 2.34. The van der Waals surface area contributed by atoms with Crippen LogP contribution in [0.5, 0.6) is 5.75 Å². The van der Waals surface area contributed by atoms with E-state index < -0.39 is 0 Å². The molecule has 30 heavy (non-hydrogen) atoms. The van der Waals surface area contributed by atoms with Crippen LogP contribution < -0.4 is 10.3 Å². The zero-order chi connectivity index (χ0) is 20.5. The molecule has 0 aliphatic rings. The second-order valence-electron chi connectivity index (χ2n) is 6.69. The molecular formula is C23H17N3O2S2. The van der Waals surface area contributed by atoms with Gasteiger partial charge >= 0.3 is 0 Å². The summed E-state index contributed by atoms with van der Waals surface area (Å²) in [4.78, 5) is 22.4. The highest BCUT2D eigenvalue weighted by molar-refractivity contribution is 7.98. The number of benzene rings is 2. The van der Waals surface area contributed by atoms with Gasteiger partial charge in [-0.15, -0.1) is 11.3 Å². The Hall–Kier alpha value is -3.16. The van der Waals surface area contributed by atoms with Crippen LogP contribution >= 0.6 is 23.1 Å². The Kier molecular flexibility index (Phi) is 4.98. The molecule has 0 saturated carbocycles. The number of hydrogen-bond donors (Lipinski definition) is 0. The van der Waals surface area contributed by atoms with Crippen molar-refractivity contribution in [3.05, 3.63) is 88.3 Å². The molecule has 3 heterocycles. The monoisotopic (exact) mass is 431 g/mol. The molecule has 5 nitrogen and oxygen atoms in total. The van der Waals surface area contributed by atoms with Crippen LogP contribution in [0.1, 0.15) is 5.69 Å². The summed E-state index contributed by atoms with van der Waals surface area (Å²) in [5, 5.41) is 3.82. The molecule has 5 rings (SSSR count). The van der Waals surface area contributed by atoms with Gasteiger partial charge in [-0.05, 0) is 29.3 Å². The van der Waals surface area contributed by atoms with E-state index in [9.17, 15) is 4.79 Å². The van der Waals surface area contributed by atoms with Crippen molar-refractivity contribution in [2.45, 2.75) is 10.8 Å². The first-order valence-corrected chi connectivity index (χ1v) is 11.2. The van der Waals surface area contributed by atoms with E-state index in [0.717, 1.165) is 38.5 Å². The maximum atomic E-state index is 12.2. The fraction of sp³-hybridized carbons (Fsp3) is 0.0870. The van der Waals surface area contributed by atoms with Crippen LogP contribution in [0.4, 0.5) is 0 Å². The molecule has 0 radical (unpaired) electrons. The molecule has 7 heteroatoms. The Morgan fingerprint density at radius 3 is 2.77 bits per heavy atom. The van der Waals surface area contributed by atoms with E-state index in [4.69, 9.17) is 9.72 Å². The first-order valence-electron chi connectivity index (χ1n) is 9.34. The number of aromatic nitrogens is 3. The Bertz CT molecular complexity index is 1410. The van der Waals surface area contributed by atoms with Crippen LogP contribution in [-0.2, 0) is 5.75 Å². The van der Waals surface area contributed by atoms with E-state index in [1.54, 1.807) is 35.5 Å². The second kappa shape index (κ2) is 7.93. The standard InChI is InChI=1S/C23H17N3O2S2/c1-28-17-7-8-18-19(15-5-3-2-4-6-15)13-21(25-20(18)12-17)30-14-16-11-22(27)26-9-10-29-23(26)24-16/h2-13H,14H2,1H3. The molecule has 2 aromatic carbocycles. The van der Waals surface area contributed by atoms with Crippen molar-refractivity contribution in [1.29, 1.82) is 0 Å². The number of pyridine rings is 1. The third-order valence-electron chi connectivity index (χ3n) is 4.80. The third kappa shape index (κ3) is 3.58. The molecule has 0 spiro atoms. The van der Waals surface area contributed by atoms with Crippen LogP contribution in [0.25, 0.3) is 27.0 Å². The van der Waals surface area contributed by atoms with Crippen molar-refractivity contribution in [2.75, 3.05) is 7.11 Å². The molecule has 3 aromatic heterocycles. The number of fused-ring (bicyclic) bond motifs is 2. The second-order valence-corrected chi connectivity index (χ2v) is 8.56. The fourth-order valence-corrected chi connectivity index (χ4v) is 4.90. The topological polar surface area (TPSA) is 56.5 Å². The number of ether oxygens (including phenoxy) is 1. The van der Waals surface area contributed by atoms with E-state index in [-0.39, 0.29) is 5.56 Å². The first kappa shape index (κ1) is 18.8. The van der Waals surface area contributed by atoms with Crippen LogP contribution in [0.3, 0.4) is 0 Å². The molecule has 5 aromatic rings. The normalized spacial score (nSPS) is 11.2. The van der Waals surface area contributed by atoms with Gasteiger partial charge in [-0.25, -0.2) is 9.97 Å². The number of hydrogen-bond acceptors (Lipinski definition) is 6. The summed E-state index contributed by atoms with van der Waals surface area (Å²) in [7, 11) is 1.66. The van der Waals surface area contributed by atoms with Crippen LogP contribution in [0.15, 0.2) is 82.1 Å². The van der Waals surface area contributed by atoms with Crippen molar-refractivity contribution in [2.24, 2.45) is 0 Å². The summed E-state index contributed by atoms with van der Waals surface area (Å²) in [6.45, 7) is 0. The van der Waals surface area contributed by atoms with Gasteiger partial charge in [-0.3, -0.25) is 9.20 Å². The van der Waals surface area contributed by atoms with Gasteiger partial charge in [0.05, 0.1) is 23.3 Å². The van der Waals surface area contributed by atoms with Crippen molar-refractivity contribution in [3.63, 3.8) is 0 Å². The number of rotatable bonds is 5. The molecule has 148 valence electrons. The van der Waals surface area contributed by atoms with Gasteiger partial charge in [0.25, 0.3) is 5.56 Å². The van der Waals surface area contributed by atoms with Gasteiger partial charge in [0.1, 0.15) is 5.75 Å². The van der Waals surface area contributed by atoms with E-state index in [0.29, 0.717) is 10.7 Å². The Labute approximate surface area is 181 Å². The molecule has 0 aliphatic heterocycles. The van der Waals surface area contributed by atoms with E-state index >= 15 is 0 Å². The van der Waals surface area contributed by atoms with Crippen LogP contribution in [0.2, 0.25) is 0 Å². The fourth-order valence-electron chi connectivity index (χ4n) is 3.35. The third-order valence-corrected chi connectivity index (χ3v) is 6.50. The average Bonchev–Trinajstić information content (AvgIpc) is 3.26. The molecule has 0 saturated heterocycles. The Morgan fingerprint density at radius 1 is 1.07 bits per heavy atom. The predicted molar refractivity (Wildman–Crippen MR) is 123 cm³/mol. The number of thioether (sulfide) groups is 1. The highest BCUT2D eigenvalue weighted by atomic mass is 32.2. The largest absolute Gasteiger partial charge is 0.497 e. The van der Waals surface area contributed by atoms with Gasteiger partial charge in [-0.1, -0.05) is 42.1 Å². The van der Waals surface area contributed by atoms with Crippen molar-refractivity contribution in [3.8, 4) is 16.9 Å². The quantitative estimate of drug-likeness (QED) is 0.355. The lowest BCUT2D eigenvalue weighted by atomic mass is 10.0. The minimum atomic E-state index is -0.0574. The number of thiazole rings is 1. The molecule has 0 aliphatic carbocycles. The van der Waals surface area contributed by atoms with Gasteiger partial charge in [0.2, 0.25) is 0 Å². The summed E-state index contributed by atoms with van der Waals surface area (Å²) in [5.41, 5.74) is 3.82. The number of nitrogens with zero attached hydrogens (tertiary/aromatic N) is 3. The number of methoxy groups -OCH3 is 1. The Morgan fingerprint density at radius 2 is 1.93 bits per heavy atom. The summed E-state index contributed by atoms with van der Waals surface area (Å²) in [6, 6.07) is 19.9. The van der Waals surface area contributed by atoms with E-state index in [1.165, 1.54) is 11.3 Å². The van der Waals surface area contributed by atoms with Crippen LogP contribution in [-0.4, -0.2) is 21.5 Å². The summed E-state index contributed by atoms with van der Waals surface area (Å²) in [6.07, 6.45) is 1.75. The molecule has 0 N–H and O–H groups in total. The Balaban J connectivity index is 1.55. The zero-order valence-electron chi connectivity index (χ0n) is 16.1. The average molecular weight is 432 g/mol. The highest BCUT2D eigenvalue weighted by Gasteiger charge is 2.11. The molecular weight excluding hydrogens is 414 g/mol. The lowest BCUT2D eigenvalue weighted by Gasteiger charge is -2.11. The summed E-state index contributed by atoms with van der Waals surface area (Å²) >= 11 is 3.03. The molecule has 0 bridgehead atoms. The lowest BCUT2D eigenvalue weighted by molar-refractivity contribution is 0.415. The zero-order valence-corrected chi connectivity index (χ0v) is 17.7. The first-order chi connectivity index (χ1) is 14.7.